The smallest absolute Gasteiger partial charge is 0.352 e. The van der Waals surface area contributed by atoms with E-state index in [0.29, 0.717) is 27.2 Å². The van der Waals surface area contributed by atoms with Gasteiger partial charge in [-0.2, -0.15) is 21.1 Å². The summed E-state index contributed by atoms with van der Waals surface area (Å²) in [6, 6.07) is -0.938. The number of carboxylic acids is 1. The highest BCUT2D eigenvalue weighted by atomic mass is 32.2. The number of rotatable bonds is 11. The number of fused-ring (bicyclic) bond motifs is 1. The Bertz CT molecular complexity index is 1170. The van der Waals surface area contributed by atoms with Crippen LogP contribution in [0.25, 0.3) is 0 Å². The lowest BCUT2D eigenvalue weighted by Crippen LogP contribution is -2.71. The summed E-state index contributed by atoms with van der Waals surface area (Å²) >= 11 is 6.52. The highest BCUT2D eigenvalue weighted by molar-refractivity contribution is 8.01. The summed E-state index contributed by atoms with van der Waals surface area (Å²) in [5.41, 5.74) is 7.55. The van der Waals surface area contributed by atoms with E-state index in [1.807, 2.05) is 6.26 Å². The molecule has 1 fully saturated rings. The van der Waals surface area contributed by atoms with Gasteiger partial charge in [0.05, 0.1) is 0 Å². The molecule has 4 rings (SSSR count). The van der Waals surface area contributed by atoms with Crippen LogP contribution in [0, 0.1) is 0 Å². The van der Waals surface area contributed by atoms with Crippen LogP contribution in [0.5, 0.6) is 0 Å². The Hall–Kier alpha value is -2.41. The maximum Gasteiger partial charge on any atom is 0.352 e. The summed E-state index contributed by atoms with van der Waals surface area (Å²) in [5, 5.41) is 23.6. The number of nitrogens with one attached hydrogen (secondary N) is 1. The second kappa shape index (κ2) is 11.5. The van der Waals surface area contributed by atoms with E-state index in [2.05, 4.69) is 30.0 Å². The van der Waals surface area contributed by atoms with Crippen molar-refractivity contribution >= 4 is 86.8 Å². The van der Waals surface area contributed by atoms with Gasteiger partial charge in [0.15, 0.2) is 9.47 Å². The molecule has 2 aromatic heterocycles. The molecule has 0 aliphatic carbocycles. The average molecular weight is 575 g/mol. The van der Waals surface area contributed by atoms with Gasteiger partial charge in [0.25, 0.3) is 11.8 Å². The summed E-state index contributed by atoms with van der Waals surface area (Å²) in [6.45, 7) is 0.261. The van der Waals surface area contributed by atoms with Gasteiger partial charge in [-0.05, 0) is 11.8 Å². The van der Waals surface area contributed by atoms with Gasteiger partial charge in [0.2, 0.25) is 11.5 Å². The molecule has 13 nitrogen and oxygen atoms in total. The summed E-state index contributed by atoms with van der Waals surface area (Å²) in [6.07, 6.45) is 1.90. The van der Waals surface area contributed by atoms with Crippen LogP contribution in [0.1, 0.15) is 5.82 Å². The van der Waals surface area contributed by atoms with Crippen molar-refractivity contribution in [2.24, 2.45) is 5.16 Å². The number of carbonyl (C=O) groups excluding carboxylic acids is 2. The predicted octanol–water partition coefficient (Wildman–Crippen LogP) is 0.586. The summed E-state index contributed by atoms with van der Waals surface area (Å²) in [4.78, 5) is 48.3. The molecule has 0 saturated carbocycles. The minimum atomic E-state index is -1.20. The van der Waals surface area contributed by atoms with Gasteiger partial charge in [-0.25, -0.2) is 4.79 Å². The quantitative estimate of drug-likeness (QED) is 0.111. The van der Waals surface area contributed by atoms with Crippen LogP contribution in [0.3, 0.4) is 0 Å². The molecule has 2 aliphatic rings. The first kappa shape index (κ1) is 25.7. The zero-order valence-corrected chi connectivity index (χ0v) is 22.0. The molecule has 18 heteroatoms. The molecular weight excluding hydrogens is 557 g/mol. The monoisotopic (exact) mass is 574 g/mol. The topological polar surface area (TPSA) is 186 Å². The van der Waals surface area contributed by atoms with Crippen molar-refractivity contribution in [3.8, 4) is 0 Å². The normalized spacial score (nSPS) is 19.9. The van der Waals surface area contributed by atoms with Crippen molar-refractivity contribution in [1.29, 1.82) is 0 Å². The second-order valence-corrected chi connectivity index (χ2v) is 11.8. The van der Waals surface area contributed by atoms with Crippen molar-refractivity contribution in [3.63, 3.8) is 0 Å². The van der Waals surface area contributed by atoms with Crippen LogP contribution < -0.4 is 11.1 Å². The van der Waals surface area contributed by atoms with Crippen LogP contribution in [0.4, 0.5) is 5.13 Å². The first-order chi connectivity index (χ1) is 16.9. The Labute approximate surface area is 219 Å². The summed E-state index contributed by atoms with van der Waals surface area (Å²) in [5.74, 6) is -1.06. The standard InChI is InChI=1S/C17H18N8O5S5/c1-31-3-2-30-23-8(11-21-16(18)35-24-11)12(26)20-9-13(27)25-10(15(28)29)7(4-32-14(9)25)5-33-17-22-19-6-34-17/h6,9,14H,2-5H2,1H3,(H,20,26)(H,28,29)(H2,18,21,24)/t9?,14-/m1/s1. The summed E-state index contributed by atoms with van der Waals surface area (Å²) < 4.78 is 4.71. The van der Waals surface area contributed by atoms with Crippen molar-refractivity contribution in [2.45, 2.75) is 15.8 Å². The highest BCUT2D eigenvalue weighted by Gasteiger charge is 2.54. The number of aromatic nitrogens is 4. The molecule has 2 amide bonds. The molecule has 35 heavy (non-hydrogen) atoms. The lowest BCUT2D eigenvalue weighted by atomic mass is 10.0. The van der Waals surface area contributed by atoms with Crippen molar-refractivity contribution in [2.75, 3.05) is 35.9 Å². The molecule has 0 aromatic carbocycles. The van der Waals surface area contributed by atoms with E-state index in [-0.39, 0.29) is 29.0 Å². The van der Waals surface area contributed by atoms with Crippen molar-refractivity contribution < 1.29 is 24.3 Å². The largest absolute Gasteiger partial charge is 0.477 e. The maximum absolute atomic E-state index is 13.0. The van der Waals surface area contributed by atoms with E-state index in [1.165, 1.54) is 39.8 Å². The molecule has 0 radical (unpaired) electrons. The third-order valence-electron chi connectivity index (χ3n) is 4.65. The number of nitrogens with two attached hydrogens (primary N) is 1. The first-order valence-electron chi connectivity index (χ1n) is 9.79. The third kappa shape index (κ3) is 5.71. The predicted molar refractivity (Wildman–Crippen MR) is 136 cm³/mol. The molecule has 1 saturated heterocycles. The number of oxime groups is 1. The number of nitrogens with zero attached hydrogens (tertiary/aromatic N) is 6. The molecule has 0 spiro atoms. The second-order valence-electron chi connectivity index (χ2n) is 6.83. The maximum atomic E-state index is 13.0. The summed E-state index contributed by atoms with van der Waals surface area (Å²) in [7, 11) is 0. The first-order valence-corrected chi connectivity index (χ1v) is 14.9. The number of carboxylic acid groups (broad SMARTS) is 1. The van der Waals surface area contributed by atoms with E-state index in [0.717, 1.165) is 11.5 Å². The Morgan fingerprint density at radius 1 is 1.46 bits per heavy atom. The number of carbonyl (C=O) groups is 3. The molecule has 2 aromatic rings. The molecule has 0 bridgehead atoms. The Morgan fingerprint density at radius 2 is 2.29 bits per heavy atom. The Morgan fingerprint density at radius 3 is 2.94 bits per heavy atom. The van der Waals surface area contributed by atoms with Gasteiger partial charge in [0, 0.05) is 28.8 Å². The van der Waals surface area contributed by atoms with Crippen molar-refractivity contribution in [1.82, 2.24) is 29.8 Å². The zero-order chi connectivity index (χ0) is 24.9. The fraction of sp³-hybridized carbons (Fsp3) is 0.412. The van der Waals surface area contributed by atoms with Gasteiger partial charge in [0.1, 0.15) is 29.2 Å². The van der Waals surface area contributed by atoms with E-state index in [1.54, 1.807) is 17.3 Å². The lowest BCUT2D eigenvalue weighted by molar-refractivity contribution is -0.150. The van der Waals surface area contributed by atoms with Crippen LogP contribution in [0.2, 0.25) is 0 Å². The van der Waals surface area contributed by atoms with Crippen molar-refractivity contribution in [3.05, 3.63) is 22.6 Å². The van der Waals surface area contributed by atoms with E-state index < -0.39 is 29.2 Å². The minimum Gasteiger partial charge on any atom is -0.477 e. The van der Waals surface area contributed by atoms with Gasteiger partial charge in [-0.15, -0.1) is 22.0 Å². The number of thioether (sulfide) groups is 3. The van der Waals surface area contributed by atoms with Gasteiger partial charge >= 0.3 is 5.97 Å². The number of hydrogen-bond acceptors (Lipinski definition) is 15. The van der Waals surface area contributed by atoms with Crippen LogP contribution in [-0.2, 0) is 19.2 Å². The lowest BCUT2D eigenvalue weighted by Gasteiger charge is -2.49. The molecular formula is C17H18N8O5S5. The fourth-order valence-electron chi connectivity index (χ4n) is 3.12. The van der Waals surface area contributed by atoms with Gasteiger partial charge in [-0.3, -0.25) is 14.5 Å². The van der Waals surface area contributed by atoms with Crippen LogP contribution in [0.15, 0.2) is 26.3 Å². The number of nitrogen functional groups attached to an aromatic ring is 1. The number of hydrogen-bond donors (Lipinski definition) is 3. The molecule has 2 aliphatic heterocycles. The molecule has 4 heterocycles. The molecule has 2 atom stereocenters. The van der Waals surface area contributed by atoms with Crippen LogP contribution >= 0.6 is 58.2 Å². The minimum absolute atomic E-state index is 0.0174. The number of aliphatic carboxylic acids is 1. The molecule has 1 unspecified atom stereocenters. The van der Waals surface area contributed by atoms with Gasteiger partial charge < -0.3 is 21.0 Å². The third-order valence-corrected chi connectivity index (χ3v) is 9.05. The van der Waals surface area contributed by atoms with E-state index in [4.69, 9.17) is 10.6 Å². The molecule has 186 valence electrons. The van der Waals surface area contributed by atoms with E-state index in [9.17, 15) is 19.5 Å². The SMILES string of the molecule is CSCCON=C(C(=O)NC1C(=O)N2C(C(=O)O)=C(CSc3nncs3)CS[C@H]12)c1nsc(N)n1. The molecule has 4 N–H and O–H groups in total. The van der Waals surface area contributed by atoms with Gasteiger partial charge in [-0.1, -0.05) is 28.3 Å². The fourth-order valence-corrected chi connectivity index (χ4v) is 6.77. The Balaban J connectivity index is 1.47. The average Bonchev–Trinajstić information content (AvgIpc) is 3.52. The zero-order valence-electron chi connectivity index (χ0n) is 17.9. The highest BCUT2D eigenvalue weighted by Crippen LogP contribution is 2.41. The number of β-lactam (4-membered cyclic amide) rings is 1. The number of anilines is 1. The number of amides is 2. The Kier molecular flexibility index (Phi) is 8.47. The van der Waals surface area contributed by atoms with Crippen LogP contribution in [-0.4, -0.2) is 94.6 Å². The van der Waals surface area contributed by atoms with E-state index >= 15 is 0 Å².